The number of aromatic nitrogens is 4. The molecule has 78 valence electrons. The highest BCUT2D eigenvalue weighted by atomic mass is 15.5. The Morgan fingerprint density at radius 3 is 3.21 bits per heavy atom. The fourth-order valence-corrected chi connectivity index (χ4v) is 1.75. The fourth-order valence-electron chi connectivity index (χ4n) is 1.75. The van der Waals surface area contributed by atoms with Crippen LogP contribution < -0.4 is 5.32 Å². The molecule has 0 bridgehead atoms. The van der Waals surface area contributed by atoms with Crippen LogP contribution >= 0.6 is 0 Å². The van der Waals surface area contributed by atoms with Crippen LogP contribution in [0.2, 0.25) is 0 Å². The standard InChI is InChI=1S/C8H16N6/c1-13-5-3-9-6-8(13)2-4-14-7-10-11-12-14/h7-9H,2-6H2,1H3. The van der Waals surface area contributed by atoms with Gasteiger partial charge in [0.1, 0.15) is 6.33 Å². The Morgan fingerprint density at radius 2 is 2.50 bits per heavy atom. The summed E-state index contributed by atoms with van der Waals surface area (Å²) in [5, 5.41) is 14.5. The number of nitrogens with one attached hydrogen (secondary N) is 1. The van der Waals surface area contributed by atoms with Crippen molar-refractivity contribution < 1.29 is 0 Å². The summed E-state index contributed by atoms with van der Waals surface area (Å²) in [6.07, 6.45) is 2.75. The van der Waals surface area contributed by atoms with Crippen molar-refractivity contribution in [1.82, 2.24) is 30.4 Å². The van der Waals surface area contributed by atoms with Gasteiger partial charge in [0, 0.05) is 32.2 Å². The van der Waals surface area contributed by atoms with Crippen LogP contribution in [-0.4, -0.2) is 57.8 Å². The van der Waals surface area contributed by atoms with Crippen molar-refractivity contribution in [1.29, 1.82) is 0 Å². The number of nitrogens with zero attached hydrogens (tertiary/aromatic N) is 5. The van der Waals surface area contributed by atoms with Crippen molar-refractivity contribution in [2.24, 2.45) is 0 Å². The monoisotopic (exact) mass is 196 g/mol. The molecule has 1 N–H and O–H groups in total. The number of hydrogen-bond donors (Lipinski definition) is 1. The molecule has 0 spiro atoms. The third-order valence-electron chi connectivity index (χ3n) is 2.73. The number of likely N-dealkylation sites (N-methyl/N-ethyl adjacent to an activating group) is 1. The minimum atomic E-state index is 0.605. The molecule has 1 aromatic heterocycles. The second-order valence-corrected chi connectivity index (χ2v) is 3.70. The molecule has 0 radical (unpaired) electrons. The molecule has 1 aliphatic heterocycles. The Labute approximate surface area is 83.3 Å². The molecule has 0 saturated carbocycles. The maximum absolute atomic E-state index is 3.84. The lowest BCUT2D eigenvalue weighted by Gasteiger charge is -2.32. The lowest BCUT2D eigenvalue weighted by Crippen LogP contribution is -2.49. The number of piperazine rings is 1. The van der Waals surface area contributed by atoms with Gasteiger partial charge in [-0.05, 0) is 23.9 Å². The predicted molar refractivity (Wildman–Crippen MR) is 51.7 cm³/mol. The maximum Gasteiger partial charge on any atom is 0.138 e. The summed E-state index contributed by atoms with van der Waals surface area (Å²) < 4.78 is 1.78. The van der Waals surface area contributed by atoms with Gasteiger partial charge in [-0.15, -0.1) is 5.10 Å². The topological polar surface area (TPSA) is 58.9 Å². The first-order valence-electron chi connectivity index (χ1n) is 4.98. The Kier molecular flexibility index (Phi) is 3.05. The molecule has 0 amide bonds. The van der Waals surface area contributed by atoms with Crippen LogP contribution in [0.5, 0.6) is 0 Å². The van der Waals surface area contributed by atoms with E-state index in [9.17, 15) is 0 Å². The normalized spacial score (nSPS) is 23.9. The van der Waals surface area contributed by atoms with Gasteiger partial charge in [-0.25, -0.2) is 4.68 Å². The average Bonchev–Trinajstić information content (AvgIpc) is 2.69. The highest BCUT2D eigenvalue weighted by Gasteiger charge is 2.17. The van der Waals surface area contributed by atoms with Gasteiger partial charge in [0.05, 0.1) is 0 Å². The zero-order chi connectivity index (χ0) is 9.80. The van der Waals surface area contributed by atoms with E-state index in [4.69, 9.17) is 0 Å². The maximum atomic E-state index is 3.84. The SMILES string of the molecule is CN1CCNCC1CCn1cnnn1. The summed E-state index contributed by atoms with van der Waals surface area (Å²) in [6, 6.07) is 0.605. The van der Waals surface area contributed by atoms with Crippen molar-refractivity contribution in [2.45, 2.75) is 19.0 Å². The Hall–Kier alpha value is -1.01. The minimum Gasteiger partial charge on any atom is -0.314 e. The summed E-state index contributed by atoms with van der Waals surface area (Å²) in [4.78, 5) is 2.39. The highest BCUT2D eigenvalue weighted by Crippen LogP contribution is 2.05. The summed E-state index contributed by atoms with van der Waals surface area (Å²) in [5.41, 5.74) is 0. The molecule has 2 heterocycles. The van der Waals surface area contributed by atoms with Gasteiger partial charge in [-0.3, -0.25) is 0 Å². The van der Waals surface area contributed by atoms with Crippen molar-refractivity contribution in [2.75, 3.05) is 26.7 Å². The van der Waals surface area contributed by atoms with Gasteiger partial charge in [-0.2, -0.15) is 0 Å². The molecular formula is C8H16N6. The van der Waals surface area contributed by atoms with Crippen LogP contribution in [0.1, 0.15) is 6.42 Å². The molecule has 0 aliphatic carbocycles. The Balaban J connectivity index is 1.79. The van der Waals surface area contributed by atoms with Crippen molar-refractivity contribution >= 4 is 0 Å². The average molecular weight is 196 g/mol. The van der Waals surface area contributed by atoms with E-state index in [0.717, 1.165) is 32.6 Å². The second-order valence-electron chi connectivity index (χ2n) is 3.70. The number of hydrogen-bond acceptors (Lipinski definition) is 5. The lowest BCUT2D eigenvalue weighted by molar-refractivity contribution is 0.183. The number of aryl methyl sites for hydroxylation is 1. The van der Waals surface area contributed by atoms with Gasteiger partial charge in [0.15, 0.2) is 0 Å². The molecule has 1 fully saturated rings. The zero-order valence-corrected chi connectivity index (χ0v) is 8.43. The highest BCUT2D eigenvalue weighted by molar-refractivity contribution is 4.76. The summed E-state index contributed by atoms with van der Waals surface area (Å²) in [6.45, 7) is 4.18. The van der Waals surface area contributed by atoms with E-state index in [0.29, 0.717) is 6.04 Å². The Bertz CT molecular complexity index is 259. The summed E-state index contributed by atoms with van der Waals surface area (Å²) in [5.74, 6) is 0. The molecular weight excluding hydrogens is 180 g/mol. The minimum absolute atomic E-state index is 0.605. The van der Waals surface area contributed by atoms with Crippen LogP contribution in [0.25, 0.3) is 0 Å². The van der Waals surface area contributed by atoms with Gasteiger partial charge in [0.25, 0.3) is 0 Å². The van der Waals surface area contributed by atoms with E-state index in [2.05, 4.69) is 32.8 Å². The molecule has 6 heteroatoms. The van der Waals surface area contributed by atoms with Crippen LogP contribution in [0, 0.1) is 0 Å². The van der Waals surface area contributed by atoms with E-state index in [1.54, 1.807) is 11.0 Å². The molecule has 1 aromatic rings. The molecule has 2 rings (SSSR count). The first-order chi connectivity index (χ1) is 6.86. The van der Waals surface area contributed by atoms with E-state index < -0.39 is 0 Å². The van der Waals surface area contributed by atoms with E-state index >= 15 is 0 Å². The van der Waals surface area contributed by atoms with E-state index in [-0.39, 0.29) is 0 Å². The molecule has 1 atom stereocenters. The molecule has 1 unspecified atom stereocenters. The fraction of sp³-hybridized carbons (Fsp3) is 0.875. The molecule has 1 saturated heterocycles. The lowest BCUT2D eigenvalue weighted by atomic mass is 10.1. The molecule has 14 heavy (non-hydrogen) atoms. The van der Waals surface area contributed by atoms with E-state index in [1.165, 1.54) is 0 Å². The third kappa shape index (κ3) is 2.27. The molecule has 1 aliphatic rings. The molecule has 0 aromatic carbocycles. The smallest absolute Gasteiger partial charge is 0.138 e. The van der Waals surface area contributed by atoms with Crippen LogP contribution in [0.4, 0.5) is 0 Å². The second kappa shape index (κ2) is 4.47. The Morgan fingerprint density at radius 1 is 1.57 bits per heavy atom. The summed E-state index contributed by atoms with van der Waals surface area (Å²) >= 11 is 0. The van der Waals surface area contributed by atoms with Gasteiger partial charge in [-0.1, -0.05) is 0 Å². The van der Waals surface area contributed by atoms with Gasteiger partial charge < -0.3 is 10.2 Å². The third-order valence-corrected chi connectivity index (χ3v) is 2.73. The van der Waals surface area contributed by atoms with Crippen molar-refractivity contribution in [3.05, 3.63) is 6.33 Å². The van der Waals surface area contributed by atoms with E-state index in [1.807, 2.05) is 0 Å². The first kappa shape index (κ1) is 9.54. The zero-order valence-electron chi connectivity index (χ0n) is 8.43. The number of tetrazole rings is 1. The van der Waals surface area contributed by atoms with Crippen LogP contribution in [0.3, 0.4) is 0 Å². The van der Waals surface area contributed by atoms with Crippen LogP contribution in [0.15, 0.2) is 6.33 Å². The van der Waals surface area contributed by atoms with Crippen molar-refractivity contribution in [3.8, 4) is 0 Å². The predicted octanol–water partition coefficient (Wildman–Crippen LogP) is -1.03. The van der Waals surface area contributed by atoms with Gasteiger partial charge in [0.2, 0.25) is 0 Å². The quantitative estimate of drug-likeness (QED) is 0.669. The summed E-state index contributed by atoms with van der Waals surface area (Å²) in [7, 11) is 2.17. The first-order valence-corrected chi connectivity index (χ1v) is 4.98. The number of rotatable bonds is 3. The van der Waals surface area contributed by atoms with Crippen molar-refractivity contribution in [3.63, 3.8) is 0 Å². The molecule has 6 nitrogen and oxygen atoms in total. The van der Waals surface area contributed by atoms with Gasteiger partial charge >= 0.3 is 0 Å². The largest absolute Gasteiger partial charge is 0.314 e. The van der Waals surface area contributed by atoms with Crippen LogP contribution in [-0.2, 0) is 6.54 Å².